The summed E-state index contributed by atoms with van der Waals surface area (Å²) in [6.45, 7) is 3.54. The average Bonchev–Trinajstić information content (AvgIpc) is 3.22. The molecule has 8 heteroatoms. The average molecular weight is 397 g/mol. The number of aromatic nitrogens is 2. The van der Waals surface area contributed by atoms with Crippen LogP contribution in [0.5, 0.6) is 0 Å². The molecule has 28 heavy (non-hydrogen) atoms. The Bertz CT molecular complexity index is 1050. The minimum Gasteiger partial charge on any atom is -0.337 e. The van der Waals surface area contributed by atoms with Crippen LogP contribution in [0.25, 0.3) is 11.4 Å². The first kappa shape index (κ1) is 18.2. The molecule has 1 atom stereocenters. The SMILES string of the molecule is Cc1ccc(C2(C)NC(=O)N(Cc3nc(-c4ccc(Cl)cc4)no3)C2=O)cc1. The van der Waals surface area contributed by atoms with Gasteiger partial charge in [-0.15, -0.1) is 0 Å². The van der Waals surface area contributed by atoms with Crippen molar-refractivity contribution in [3.8, 4) is 11.4 Å². The molecule has 142 valence electrons. The highest BCUT2D eigenvalue weighted by atomic mass is 35.5. The Hall–Kier alpha value is -3.19. The van der Waals surface area contributed by atoms with Crippen molar-refractivity contribution in [2.45, 2.75) is 25.9 Å². The molecule has 0 aliphatic carbocycles. The van der Waals surface area contributed by atoms with E-state index in [0.717, 1.165) is 16.0 Å². The lowest BCUT2D eigenvalue weighted by Crippen LogP contribution is -2.40. The molecule has 3 aromatic rings. The van der Waals surface area contributed by atoms with Crippen molar-refractivity contribution >= 4 is 23.5 Å². The predicted octanol–water partition coefficient (Wildman–Crippen LogP) is 3.67. The van der Waals surface area contributed by atoms with Crippen LogP contribution in [0.3, 0.4) is 0 Å². The van der Waals surface area contributed by atoms with Crippen LogP contribution in [-0.2, 0) is 16.9 Å². The molecular weight excluding hydrogens is 380 g/mol. The van der Waals surface area contributed by atoms with Gasteiger partial charge in [0.1, 0.15) is 12.1 Å². The van der Waals surface area contributed by atoms with Crippen LogP contribution in [0.2, 0.25) is 5.02 Å². The smallest absolute Gasteiger partial charge is 0.325 e. The van der Waals surface area contributed by atoms with E-state index in [2.05, 4.69) is 15.5 Å². The second-order valence-corrected chi connectivity index (χ2v) is 7.27. The maximum absolute atomic E-state index is 13.0. The number of rotatable bonds is 4. The van der Waals surface area contributed by atoms with E-state index in [9.17, 15) is 9.59 Å². The normalized spacial score (nSPS) is 19.2. The summed E-state index contributed by atoms with van der Waals surface area (Å²) >= 11 is 5.88. The molecule has 0 radical (unpaired) electrons. The second-order valence-electron chi connectivity index (χ2n) is 6.83. The van der Waals surface area contributed by atoms with Gasteiger partial charge in [0, 0.05) is 10.6 Å². The van der Waals surface area contributed by atoms with Crippen LogP contribution in [0.1, 0.15) is 23.9 Å². The Morgan fingerprint density at radius 3 is 2.46 bits per heavy atom. The maximum Gasteiger partial charge on any atom is 0.325 e. The van der Waals surface area contributed by atoms with Crippen molar-refractivity contribution in [3.63, 3.8) is 0 Å². The minimum atomic E-state index is -1.14. The highest BCUT2D eigenvalue weighted by Gasteiger charge is 2.49. The number of carbonyl (C=O) groups excluding carboxylic acids is 2. The van der Waals surface area contributed by atoms with Crippen molar-refractivity contribution in [2.24, 2.45) is 0 Å². The third-order valence-corrected chi connectivity index (χ3v) is 5.02. The number of nitrogens with one attached hydrogen (secondary N) is 1. The van der Waals surface area contributed by atoms with E-state index in [0.29, 0.717) is 16.4 Å². The highest BCUT2D eigenvalue weighted by molar-refractivity contribution is 6.30. The van der Waals surface area contributed by atoms with E-state index in [1.54, 1.807) is 31.2 Å². The molecule has 1 unspecified atom stereocenters. The van der Waals surface area contributed by atoms with Crippen molar-refractivity contribution in [3.05, 3.63) is 70.6 Å². The summed E-state index contributed by atoms with van der Waals surface area (Å²) in [6.07, 6.45) is 0. The third kappa shape index (κ3) is 3.14. The lowest BCUT2D eigenvalue weighted by atomic mass is 9.91. The van der Waals surface area contributed by atoms with E-state index >= 15 is 0 Å². The van der Waals surface area contributed by atoms with E-state index in [1.807, 2.05) is 31.2 Å². The summed E-state index contributed by atoms with van der Waals surface area (Å²) in [5.41, 5.74) is 1.37. The standard InChI is InChI=1S/C20H17ClN4O3/c1-12-3-7-14(8-4-12)20(2)18(26)25(19(27)23-20)11-16-22-17(24-28-16)13-5-9-15(21)10-6-13/h3-10H,11H2,1-2H3,(H,23,27). The van der Waals surface area contributed by atoms with E-state index in [-0.39, 0.29) is 18.3 Å². The Morgan fingerprint density at radius 1 is 1.11 bits per heavy atom. The van der Waals surface area contributed by atoms with Crippen LogP contribution < -0.4 is 5.32 Å². The van der Waals surface area contributed by atoms with E-state index in [1.165, 1.54) is 0 Å². The number of carbonyl (C=O) groups is 2. The molecule has 1 aliphatic heterocycles. The zero-order valence-electron chi connectivity index (χ0n) is 15.3. The number of imide groups is 1. The number of hydrogen-bond acceptors (Lipinski definition) is 5. The fourth-order valence-corrected chi connectivity index (χ4v) is 3.22. The van der Waals surface area contributed by atoms with Gasteiger partial charge in [-0.3, -0.25) is 9.69 Å². The van der Waals surface area contributed by atoms with Crippen molar-refractivity contribution < 1.29 is 14.1 Å². The summed E-state index contributed by atoms with van der Waals surface area (Å²) in [5, 5.41) is 7.28. The Balaban J connectivity index is 1.55. The van der Waals surface area contributed by atoms with Crippen LogP contribution in [0.15, 0.2) is 53.1 Å². The topological polar surface area (TPSA) is 88.3 Å². The van der Waals surface area contributed by atoms with Crippen molar-refractivity contribution in [2.75, 3.05) is 0 Å². The zero-order valence-corrected chi connectivity index (χ0v) is 16.0. The molecule has 0 saturated carbocycles. The summed E-state index contributed by atoms with van der Waals surface area (Å²) in [5.74, 6) is 0.161. The largest absolute Gasteiger partial charge is 0.337 e. The number of halogens is 1. The van der Waals surface area contributed by atoms with Gasteiger partial charge in [-0.2, -0.15) is 4.98 Å². The lowest BCUT2D eigenvalue weighted by molar-refractivity contribution is -0.131. The first-order valence-electron chi connectivity index (χ1n) is 8.66. The fourth-order valence-electron chi connectivity index (χ4n) is 3.09. The molecule has 1 N–H and O–H groups in total. The molecule has 7 nitrogen and oxygen atoms in total. The maximum atomic E-state index is 13.0. The van der Waals surface area contributed by atoms with Gasteiger partial charge in [0.25, 0.3) is 5.91 Å². The second kappa shape index (κ2) is 6.76. The third-order valence-electron chi connectivity index (χ3n) is 4.77. The Kier molecular flexibility index (Phi) is 4.39. The molecular formula is C20H17ClN4O3. The van der Waals surface area contributed by atoms with Crippen molar-refractivity contribution in [1.29, 1.82) is 0 Å². The molecule has 0 spiro atoms. The first-order valence-corrected chi connectivity index (χ1v) is 9.04. The number of hydrogen-bond donors (Lipinski definition) is 1. The van der Waals surface area contributed by atoms with Gasteiger partial charge in [0.05, 0.1) is 0 Å². The molecule has 1 saturated heterocycles. The molecule has 4 rings (SSSR count). The van der Waals surface area contributed by atoms with Gasteiger partial charge in [-0.1, -0.05) is 46.6 Å². The summed E-state index contributed by atoms with van der Waals surface area (Å²) in [7, 11) is 0. The summed E-state index contributed by atoms with van der Waals surface area (Å²) in [6, 6.07) is 13.9. The highest BCUT2D eigenvalue weighted by Crippen LogP contribution is 2.30. The summed E-state index contributed by atoms with van der Waals surface area (Å²) in [4.78, 5) is 30.8. The Morgan fingerprint density at radius 2 is 1.79 bits per heavy atom. The van der Waals surface area contributed by atoms with E-state index in [4.69, 9.17) is 16.1 Å². The number of benzene rings is 2. The molecule has 2 aromatic carbocycles. The van der Waals surface area contributed by atoms with Gasteiger partial charge < -0.3 is 9.84 Å². The number of urea groups is 1. The van der Waals surface area contributed by atoms with Gasteiger partial charge >= 0.3 is 6.03 Å². The van der Waals surface area contributed by atoms with Crippen LogP contribution in [0, 0.1) is 6.92 Å². The van der Waals surface area contributed by atoms with Crippen LogP contribution in [0.4, 0.5) is 4.79 Å². The lowest BCUT2D eigenvalue weighted by Gasteiger charge is -2.22. The molecule has 1 aromatic heterocycles. The molecule has 0 bridgehead atoms. The van der Waals surface area contributed by atoms with E-state index < -0.39 is 11.6 Å². The van der Waals surface area contributed by atoms with Crippen molar-refractivity contribution in [1.82, 2.24) is 20.4 Å². The van der Waals surface area contributed by atoms with Gasteiger partial charge in [-0.05, 0) is 43.7 Å². The number of nitrogens with zero attached hydrogens (tertiary/aromatic N) is 3. The molecule has 1 fully saturated rings. The zero-order chi connectivity index (χ0) is 19.9. The van der Waals surface area contributed by atoms with Crippen LogP contribution in [-0.4, -0.2) is 27.0 Å². The quantitative estimate of drug-likeness (QED) is 0.680. The van der Waals surface area contributed by atoms with Gasteiger partial charge in [0.15, 0.2) is 0 Å². The summed E-state index contributed by atoms with van der Waals surface area (Å²) < 4.78 is 5.23. The number of aryl methyl sites for hydroxylation is 1. The molecule has 3 amide bonds. The van der Waals surface area contributed by atoms with Gasteiger partial charge in [-0.25, -0.2) is 4.79 Å². The minimum absolute atomic E-state index is 0.104. The molecule has 2 heterocycles. The Labute approximate surface area is 166 Å². The monoisotopic (exact) mass is 396 g/mol. The predicted molar refractivity (Wildman–Crippen MR) is 102 cm³/mol. The molecule has 1 aliphatic rings. The first-order chi connectivity index (χ1) is 13.4. The fraction of sp³-hybridized carbons (Fsp3) is 0.200. The van der Waals surface area contributed by atoms with Crippen LogP contribution >= 0.6 is 11.6 Å². The van der Waals surface area contributed by atoms with Gasteiger partial charge in [0.2, 0.25) is 11.7 Å². The number of amides is 3.